The van der Waals surface area contributed by atoms with Gasteiger partial charge >= 0.3 is 0 Å². The van der Waals surface area contributed by atoms with Crippen molar-refractivity contribution in [2.75, 3.05) is 11.1 Å². The van der Waals surface area contributed by atoms with Gasteiger partial charge in [0.05, 0.1) is 21.7 Å². The number of anilines is 1. The summed E-state index contributed by atoms with van der Waals surface area (Å²) in [7, 11) is 0. The standard InChI is InChI=1S/C18H14N4OS2/c23-17(11-24-18-21-15-3-1-2-4-16(15)25-18)20-13-7-5-12(6-8-13)14-9-10-19-22-14/h1-10H,11H2,(H,19,22)(H,20,23). The van der Waals surface area contributed by atoms with Crippen LogP contribution in [0.4, 0.5) is 5.69 Å². The highest BCUT2D eigenvalue weighted by Crippen LogP contribution is 2.29. The molecule has 0 aliphatic rings. The van der Waals surface area contributed by atoms with Gasteiger partial charge in [0.25, 0.3) is 0 Å². The summed E-state index contributed by atoms with van der Waals surface area (Å²) in [6, 6.07) is 17.6. The van der Waals surface area contributed by atoms with Crippen LogP contribution in [0, 0.1) is 0 Å². The molecule has 0 bridgehead atoms. The number of nitrogens with zero attached hydrogens (tertiary/aromatic N) is 2. The summed E-state index contributed by atoms with van der Waals surface area (Å²) in [6.07, 6.45) is 1.71. The van der Waals surface area contributed by atoms with Crippen molar-refractivity contribution >= 4 is 44.9 Å². The van der Waals surface area contributed by atoms with E-state index < -0.39 is 0 Å². The minimum atomic E-state index is -0.0430. The smallest absolute Gasteiger partial charge is 0.234 e. The highest BCUT2D eigenvalue weighted by Gasteiger charge is 2.08. The molecule has 0 aliphatic carbocycles. The Morgan fingerprint density at radius 3 is 2.72 bits per heavy atom. The Balaban J connectivity index is 1.35. The summed E-state index contributed by atoms with van der Waals surface area (Å²) in [5.74, 6) is 0.292. The highest BCUT2D eigenvalue weighted by molar-refractivity contribution is 8.01. The molecule has 0 atom stereocenters. The van der Waals surface area contributed by atoms with E-state index in [4.69, 9.17) is 0 Å². The van der Waals surface area contributed by atoms with Gasteiger partial charge in [-0.05, 0) is 35.9 Å². The summed E-state index contributed by atoms with van der Waals surface area (Å²) in [4.78, 5) is 16.7. The summed E-state index contributed by atoms with van der Waals surface area (Å²) in [5, 5.41) is 9.76. The molecule has 0 fully saturated rings. The number of para-hydroxylation sites is 1. The third kappa shape index (κ3) is 3.72. The number of thiazole rings is 1. The van der Waals surface area contributed by atoms with Gasteiger partial charge in [-0.3, -0.25) is 9.89 Å². The molecule has 2 N–H and O–H groups in total. The van der Waals surface area contributed by atoms with Crippen molar-refractivity contribution < 1.29 is 4.79 Å². The number of hydrogen-bond acceptors (Lipinski definition) is 5. The van der Waals surface area contributed by atoms with Crippen molar-refractivity contribution in [3.8, 4) is 11.3 Å². The van der Waals surface area contributed by atoms with Crippen LogP contribution >= 0.6 is 23.1 Å². The van der Waals surface area contributed by atoms with E-state index in [-0.39, 0.29) is 5.91 Å². The molecule has 2 aromatic carbocycles. The highest BCUT2D eigenvalue weighted by atomic mass is 32.2. The summed E-state index contributed by atoms with van der Waals surface area (Å²) in [6.45, 7) is 0. The zero-order valence-electron chi connectivity index (χ0n) is 13.1. The largest absolute Gasteiger partial charge is 0.325 e. The molecule has 4 aromatic rings. The fraction of sp³-hybridized carbons (Fsp3) is 0.0556. The van der Waals surface area contributed by atoms with Crippen LogP contribution in [0.15, 0.2) is 65.1 Å². The van der Waals surface area contributed by atoms with Crippen molar-refractivity contribution in [1.29, 1.82) is 0 Å². The Labute approximate surface area is 152 Å². The lowest BCUT2D eigenvalue weighted by molar-refractivity contribution is -0.113. The summed E-state index contributed by atoms with van der Waals surface area (Å²) in [5.41, 5.74) is 3.73. The third-order valence-corrected chi connectivity index (χ3v) is 5.76. The van der Waals surface area contributed by atoms with E-state index in [0.29, 0.717) is 5.75 Å². The van der Waals surface area contributed by atoms with Gasteiger partial charge in [0.1, 0.15) is 0 Å². The predicted molar refractivity (Wildman–Crippen MR) is 103 cm³/mol. The lowest BCUT2D eigenvalue weighted by Crippen LogP contribution is -2.13. The first-order chi connectivity index (χ1) is 12.3. The molecule has 2 aromatic heterocycles. The average Bonchev–Trinajstić information content (AvgIpc) is 3.30. The number of aromatic nitrogens is 3. The number of nitrogens with one attached hydrogen (secondary N) is 2. The minimum Gasteiger partial charge on any atom is -0.325 e. The maximum absolute atomic E-state index is 12.1. The Morgan fingerprint density at radius 1 is 1.12 bits per heavy atom. The maximum Gasteiger partial charge on any atom is 0.234 e. The van der Waals surface area contributed by atoms with Gasteiger partial charge in [0, 0.05) is 11.9 Å². The Hall–Kier alpha value is -2.64. The number of carbonyl (C=O) groups is 1. The van der Waals surface area contributed by atoms with E-state index >= 15 is 0 Å². The number of rotatable bonds is 5. The number of carbonyl (C=O) groups excluding carboxylic acids is 1. The second-order valence-corrected chi connectivity index (χ2v) is 7.59. The first kappa shape index (κ1) is 15.9. The van der Waals surface area contributed by atoms with Gasteiger partial charge in [-0.1, -0.05) is 36.0 Å². The molecule has 0 aliphatic heterocycles. The van der Waals surface area contributed by atoms with Gasteiger partial charge < -0.3 is 5.32 Å². The van der Waals surface area contributed by atoms with Crippen molar-refractivity contribution in [3.63, 3.8) is 0 Å². The molecule has 25 heavy (non-hydrogen) atoms. The van der Waals surface area contributed by atoms with E-state index in [1.807, 2.05) is 54.6 Å². The number of fused-ring (bicyclic) bond motifs is 1. The van der Waals surface area contributed by atoms with Crippen LogP contribution in [0.1, 0.15) is 0 Å². The molecule has 0 spiro atoms. The molecule has 4 rings (SSSR count). The molecule has 1 amide bonds. The number of hydrogen-bond donors (Lipinski definition) is 2. The molecule has 5 nitrogen and oxygen atoms in total. The predicted octanol–water partition coefficient (Wildman–Crippen LogP) is 4.42. The van der Waals surface area contributed by atoms with Crippen LogP contribution in [0.3, 0.4) is 0 Å². The first-order valence-corrected chi connectivity index (χ1v) is 9.46. The van der Waals surface area contributed by atoms with E-state index in [1.165, 1.54) is 11.8 Å². The summed E-state index contributed by atoms with van der Waals surface area (Å²) >= 11 is 3.07. The molecule has 0 radical (unpaired) electrons. The van der Waals surface area contributed by atoms with Gasteiger partial charge in [-0.2, -0.15) is 5.10 Å². The fourth-order valence-electron chi connectivity index (χ4n) is 2.39. The van der Waals surface area contributed by atoms with Crippen molar-refractivity contribution in [1.82, 2.24) is 15.2 Å². The zero-order chi connectivity index (χ0) is 17.1. The van der Waals surface area contributed by atoms with Crippen LogP contribution in [-0.4, -0.2) is 26.8 Å². The normalized spacial score (nSPS) is 10.9. The zero-order valence-corrected chi connectivity index (χ0v) is 14.7. The van der Waals surface area contributed by atoms with E-state index in [9.17, 15) is 4.79 Å². The van der Waals surface area contributed by atoms with Crippen molar-refractivity contribution in [2.45, 2.75) is 4.34 Å². The topological polar surface area (TPSA) is 70.7 Å². The Bertz CT molecular complexity index is 961. The Kier molecular flexibility index (Phi) is 4.49. The minimum absolute atomic E-state index is 0.0430. The molecular formula is C18H14N4OS2. The van der Waals surface area contributed by atoms with Gasteiger partial charge in [0.15, 0.2) is 4.34 Å². The molecule has 7 heteroatoms. The number of amides is 1. The molecular weight excluding hydrogens is 352 g/mol. The maximum atomic E-state index is 12.1. The second kappa shape index (κ2) is 7.08. The molecule has 0 saturated heterocycles. The quantitative estimate of drug-likeness (QED) is 0.513. The molecule has 2 heterocycles. The van der Waals surface area contributed by atoms with Crippen LogP contribution in [0.25, 0.3) is 21.5 Å². The lowest BCUT2D eigenvalue weighted by Gasteiger charge is -2.05. The number of H-pyrrole nitrogens is 1. The van der Waals surface area contributed by atoms with E-state index in [0.717, 1.165) is 31.5 Å². The molecule has 0 saturated carbocycles. The Morgan fingerprint density at radius 2 is 1.96 bits per heavy atom. The van der Waals surface area contributed by atoms with Crippen LogP contribution in [0.2, 0.25) is 0 Å². The fourth-order valence-corrected chi connectivity index (χ4v) is 4.26. The molecule has 0 unspecified atom stereocenters. The third-order valence-electron chi connectivity index (χ3n) is 3.58. The van der Waals surface area contributed by atoms with Gasteiger partial charge in [-0.15, -0.1) is 11.3 Å². The summed E-state index contributed by atoms with van der Waals surface area (Å²) < 4.78 is 2.05. The second-order valence-electron chi connectivity index (χ2n) is 5.33. The van der Waals surface area contributed by atoms with Crippen molar-refractivity contribution in [2.24, 2.45) is 0 Å². The van der Waals surface area contributed by atoms with Crippen LogP contribution in [0.5, 0.6) is 0 Å². The number of benzene rings is 2. The van der Waals surface area contributed by atoms with Crippen LogP contribution in [-0.2, 0) is 4.79 Å². The number of thioether (sulfide) groups is 1. The van der Waals surface area contributed by atoms with Gasteiger partial charge in [-0.25, -0.2) is 4.98 Å². The van der Waals surface area contributed by atoms with Crippen molar-refractivity contribution in [3.05, 3.63) is 60.8 Å². The van der Waals surface area contributed by atoms with Gasteiger partial charge in [0.2, 0.25) is 5.91 Å². The lowest BCUT2D eigenvalue weighted by atomic mass is 10.1. The number of aromatic amines is 1. The van der Waals surface area contributed by atoms with E-state index in [2.05, 4.69) is 20.5 Å². The average molecular weight is 366 g/mol. The van der Waals surface area contributed by atoms with E-state index in [1.54, 1.807) is 17.5 Å². The van der Waals surface area contributed by atoms with Crippen LogP contribution < -0.4 is 5.32 Å². The molecule has 124 valence electrons. The first-order valence-electron chi connectivity index (χ1n) is 7.66. The SMILES string of the molecule is O=C(CSc1nc2ccccc2s1)Nc1ccc(-c2ccn[nH]2)cc1. The monoisotopic (exact) mass is 366 g/mol.